The number of carbonyl (C=O) groups excluding carboxylic acids is 3. The number of ether oxygens (including phenoxy) is 3. The fraction of sp³-hybridized carbons (Fsp3) is 0.491. The first-order valence-corrected chi connectivity index (χ1v) is 22.4. The van der Waals surface area contributed by atoms with Gasteiger partial charge in [0, 0.05) is 19.3 Å². The molecule has 0 radical (unpaired) electrons. The maximum atomic E-state index is 12.7. The zero-order chi connectivity index (χ0) is 43.0. The van der Waals surface area contributed by atoms with Crippen LogP contribution in [0, 0.1) is 0 Å². The summed E-state index contributed by atoms with van der Waals surface area (Å²) in [6.07, 6.45) is 65.6. The molecule has 0 rings (SSSR count). The van der Waals surface area contributed by atoms with Gasteiger partial charge in [0.2, 0.25) is 0 Å². The van der Waals surface area contributed by atoms with E-state index in [0.29, 0.717) is 25.7 Å². The molecule has 0 spiro atoms. The van der Waals surface area contributed by atoms with Crippen molar-refractivity contribution in [2.75, 3.05) is 13.2 Å². The fourth-order valence-corrected chi connectivity index (χ4v) is 5.13. The van der Waals surface area contributed by atoms with E-state index in [0.717, 1.165) is 77.0 Å². The highest BCUT2D eigenvalue weighted by atomic mass is 16.6. The number of esters is 3. The Balaban J connectivity index is 4.66. The molecule has 0 aromatic rings. The zero-order valence-corrected chi connectivity index (χ0v) is 36.9. The summed E-state index contributed by atoms with van der Waals surface area (Å²) in [6.45, 7) is 6.14. The smallest absolute Gasteiger partial charge is 0.306 e. The van der Waals surface area contributed by atoms with Gasteiger partial charge < -0.3 is 14.2 Å². The molecule has 0 aliphatic heterocycles. The SMILES string of the molecule is CC\C=C/C=C\C=C/C=C\C=C/CCCC(=O)OC(COC(=O)CCC/C=C\C/C=C\C/C=C\C/C=C\C/C=C\CC)COC(=O)CCCCC/C=C\C=C/CCCC. The number of allylic oxidation sites excluding steroid dienone is 24. The number of carbonyl (C=O) groups is 3. The number of rotatable bonds is 37. The number of hydrogen-bond donors (Lipinski definition) is 0. The van der Waals surface area contributed by atoms with Gasteiger partial charge in [-0.3, -0.25) is 14.4 Å². The monoisotopic (exact) mass is 811 g/mol. The van der Waals surface area contributed by atoms with Crippen LogP contribution in [0.3, 0.4) is 0 Å². The van der Waals surface area contributed by atoms with E-state index in [-0.39, 0.29) is 38.0 Å². The van der Waals surface area contributed by atoms with Gasteiger partial charge >= 0.3 is 17.9 Å². The minimum atomic E-state index is -0.853. The highest BCUT2D eigenvalue weighted by Gasteiger charge is 2.19. The van der Waals surface area contributed by atoms with Crippen molar-refractivity contribution in [3.8, 4) is 0 Å². The van der Waals surface area contributed by atoms with Crippen LogP contribution in [-0.2, 0) is 28.6 Å². The Morgan fingerprint density at radius 2 is 0.763 bits per heavy atom. The Kier molecular flexibility index (Phi) is 42.3. The minimum Gasteiger partial charge on any atom is -0.462 e. The molecule has 59 heavy (non-hydrogen) atoms. The molecular formula is C53H78O6. The molecule has 0 saturated heterocycles. The molecule has 0 N–H and O–H groups in total. The molecule has 0 bridgehead atoms. The average Bonchev–Trinajstić information content (AvgIpc) is 3.23. The Morgan fingerprint density at radius 1 is 0.373 bits per heavy atom. The highest BCUT2D eigenvalue weighted by molar-refractivity contribution is 5.71. The summed E-state index contributed by atoms with van der Waals surface area (Å²) in [5.74, 6) is -1.13. The first-order valence-electron chi connectivity index (χ1n) is 22.4. The molecule has 0 aromatic heterocycles. The summed E-state index contributed by atoms with van der Waals surface area (Å²) in [5, 5.41) is 0. The van der Waals surface area contributed by atoms with Gasteiger partial charge in [-0.1, -0.05) is 186 Å². The molecule has 326 valence electrons. The minimum absolute atomic E-state index is 0.146. The summed E-state index contributed by atoms with van der Waals surface area (Å²) in [6, 6.07) is 0. The van der Waals surface area contributed by atoms with Gasteiger partial charge in [0.15, 0.2) is 6.10 Å². The molecule has 6 nitrogen and oxygen atoms in total. The van der Waals surface area contributed by atoms with Gasteiger partial charge in [0.05, 0.1) is 0 Å². The fourth-order valence-electron chi connectivity index (χ4n) is 5.13. The third-order valence-corrected chi connectivity index (χ3v) is 8.46. The zero-order valence-electron chi connectivity index (χ0n) is 36.9. The van der Waals surface area contributed by atoms with Crippen LogP contribution in [-0.4, -0.2) is 37.2 Å². The molecule has 0 aliphatic rings. The second kappa shape index (κ2) is 46.0. The van der Waals surface area contributed by atoms with Crippen molar-refractivity contribution in [1.29, 1.82) is 0 Å². The maximum Gasteiger partial charge on any atom is 0.306 e. The summed E-state index contributed by atoms with van der Waals surface area (Å²) in [7, 11) is 0. The van der Waals surface area contributed by atoms with E-state index in [1.54, 1.807) is 0 Å². The molecule has 0 fully saturated rings. The van der Waals surface area contributed by atoms with E-state index < -0.39 is 12.1 Å². The van der Waals surface area contributed by atoms with Crippen molar-refractivity contribution in [2.45, 2.75) is 155 Å². The van der Waals surface area contributed by atoms with Crippen LogP contribution < -0.4 is 0 Å². The molecule has 0 saturated carbocycles. The molecular weight excluding hydrogens is 733 g/mol. The summed E-state index contributed by atoms with van der Waals surface area (Å²) >= 11 is 0. The lowest BCUT2D eigenvalue weighted by Crippen LogP contribution is -2.30. The lowest BCUT2D eigenvalue weighted by atomic mass is 10.1. The molecule has 1 unspecified atom stereocenters. The van der Waals surface area contributed by atoms with Crippen molar-refractivity contribution < 1.29 is 28.6 Å². The number of unbranched alkanes of at least 4 members (excludes halogenated alkanes) is 7. The standard InChI is InChI=1S/C53H78O6/c1-4-7-10-13-16-19-22-24-25-26-27-29-31-34-37-40-43-46-52(55)58-49-50(48-57-51(54)45-42-39-36-33-30-21-18-15-12-9-6-3)59-53(56)47-44-41-38-35-32-28-23-20-17-14-11-8-5-2/h7-8,10-11,14-21,23-25,27-30,32,34-35,37-38,50H,4-6,9,12-13,22,26,31,33,36,39-49H2,1-3H3/b10-7-,11-8-,17-14-,18-15-,19-16-,23-20-,25-24-,29-27-,30-21-,32-28-,37-34-,38-35-. The maximum absolute atomic E-state index is 12.7. The van der Waals surface area contributed by atoms with Crippen LogP contribution in [0.15, 0.2) is 146 Å². The van der Waals surface area contributed by atoms with Gasteiger partial charge in [-0.15, -0.1) is 0 Å². The topological polar surface area (TPSA) is 78.9 Å². The molecule has 1 atom stereocenters. The van der Waals surface area contributed by atoms with Crippen LogP contribution in [0.4, 0.5) is 0 Å². The van der Waals surface area contributed by atoms with Crippen LogP contribution in [0.2, 0.25) is 0 Å². The van der Waals surface area contributed by atoms with E-state index in [9.17, 15) is 14.4 Å². The van der Waals surface area contributed by atoms with Gasteiger partial charge in [-0.05, 0) is 89.9 Å². The summed E-state index contributed by atoms with van der Waals surface area (Å²) in [4.78, 5) is 37.7. The Bertz CT molecular complexity index is 1390. The summed E-state index contributed by atoms with van der Waals surface area (Å²) in [5.41, 5.74) is 0. The largest absolute Gasteiger partial charge is 0.462 e. The Hall–Kier alpha value is -4.71. The first-order chi connectivity index (χ1) is 29.0. The van der Waals surface area contributed by atoms with Crippen molar-refractivity contribution in [3.05, 3.63) is 146 Å². The summed E-state index contributed by atoms with van der Waals surface area (Å²) < 4.78 is 16.5. The average molecular weight is 811 g/mol. The second-order valence-corrected chi connectivity index (χ2v) is 14.0. The van der Waals surface area contributed by atoms with Crippen LogP contribution in [0.25, 0.3) is 0 Å². The third kappa shape index (κ3) is 44.2. The molecule has 0 aliphatic carbocycles. The Labute approximate surface area is 359 Å². The lowest BCUT2D eigenvalue weighted by Gasteiger charge is -2.18. The van der Waals surface area contributed by atoms with Crippen molar-refractivity contribution in [3.63, 3.8) is 0 Å². The van der Waals surface area contributed by atoms with E-state index in [2.05, 4.69) is 112 Å². The molecule has 6 heteroatoms. The predicted octanol–water partition coefficient (Wildman–Crippen LogP) is 14.5. The predicted molar refractivity (Wildman–Crippen MR) is 251 cm³/mol. The highest BCUT2D eigenvalue weighted by Crippen LogP contribution is 2.09. The van der Waals surface area contributed by atoms with Crippen molar-refractivity contribution >= 4 is 17.9 Å². The van der Waals surface area contributed by atoms with Crippen LogP contribution >= 0.6 is 0 Å². The molecule has 0 heterocycles. The van der Waals surface area contributed by atoms with Crippen molar-refractivity contribution in [2.24, 2.45) is 0 Å². The van der Waals surface area contributed by atoms with E-state index in [1.807, 2.05) is 54.7 Å². The van der Waals surface area contributed by atoms with Crippen LogP contribution in [0.1, 0.15) is 149 Å². The van der Waals surface area contributed by atoms with E-state index in [1.165, 1.54) is 12.8 Å². The lowest BCUT2D eigenvalue weighted by molar-refractivity contribution is -0.167. The van der Waals surface area contributed by atoms with Gasteiger partial charge in [0.25, 0.3) is 0 Å². The van der Waals surface area contributed by atoms with Crippen LogP contribution in [0.5, 0.6) is 0 Å². The van der Waals surface area contributed by atoms with Gasteiger partial charge in [0.1, 0.15) is 13.2 Å². The molecule has 0 aromatic carbocycles. The van der Waals surface area contributed by atoms with Gasteiger partial charge in [-0.2, -0.15) is 0 Å². The second-order valence-electron chi connectivity index (χ2n) is 14.0. The van der Waals surface area contributed by atoms with Crippen molar-refractivity contribution in [1.82, 2.24) is 0 Å². The normalized spacial score (nSPS) is 13.5. The van der Waals surface area contributed by atoms with E-state index in [4.69, 9.17) is 14.2 Å². The number of hydrogen-bond acceptors (Lipinski definition) is 6. The van der Waals surface area contributed by atoms with E-state index >= 15 is 0 Å². The quantitative estimate of drug-likeness (QED) is 0.0204. The third-order valence-electron chi connectivity index (χ3n) is 8.46. The molecule has 0 amide bonds. The Morgan fingerprint density at radius 3 is 1.29 bits per heavy atom. The first kappa shape index (κ1) is 54.3. The van der Waals surface area contributed by atoms with Gasteiger partial charge in [-0.25, -0.2) is 0 Å².